The zero-order valence-corrected chi connectivity index (χ0v) is 16.2. The average Bonchev–Trinajstić information content (AvgIpc) is 3.08. The molecule has 0 N–H and O–H groups in total. The lowest BCUT2D eigenvalue weighted by atomic mass is 10.1. The highest BCUT2D eigenvalue weighted by molar-refractivity contribution is 5.80. The van der Waals surface area contributed by atoms with Gasteiger partial charge in [-0.15, -0.1) is 0 Å². The first-order chi connectivity index (χ1) is 12.6. The first-order valence-corrected chi connectivity index (χ1v) is 9.83. The number of piperidine rings is 1. The van der Waals surface area contributed by atoms with Crippen LogP contribution < -0.4 is 4.90 Å². The number of aromatic nitrogens is 1. The summed E-state index contributed by atoms with van der Waals surface area (Å²) >= 11 is 0. The van der Waals surface area contributed by atoms with Crippen molar-refractivity contribution in [3.63, 3.8) is 0 Å². The molecule has 1 saturated carbocycles. The topological polar surface area (TPSA) is 33.2 Å². The van der Waals surface area contributed by atoms with E-state index in [0.29, 0.717) is 11.7 Å². The standard InChI is InChI=1S/C11H15N.C6H7N.C6H10O/c1-3-7-11(8-4-1)12-9-5-2-6-10-12;1-6-3-2-4-7-5-6;1-5-2-3-6(7)4-5/h1,3-4,7-8H,2,5-6,9-10H2;2-5H,1H3;5H,2-4H2,1H3. The molecule has 3 heteroatoms. The van der Waals surface area contributed by atoms with Crippen molar-refractivity contribution in [1.82, 2.24) is 4.98 Å². The number of hydrogen-bond donors (Lipinski definition) is 0. The quantitative estimate of drug-likeness (QED) is 0.685. The lowest BCUT2D eigenvalue weighted by Crippen LogP contribution is -2.29. The van der Waals surface area contributed by atoms with Crippen molar-refractivity contribution in [2.45, 2.75) is 52.4 Å². The highest BCUT2D eigenvalue weighted by Crippen LogP contribution is 2.20. The van der Waals surface area contributed by atoms with Crippen LogP contribution in [0.25, 0.3) is 0 Å². The highest BCUT2D eigenvalue weighted by Gasteiger charge is 2.16. The molecule has 1 unspecified atom stereocenters. The molecule has 1 aromatic heterocycles. The van der Waals surface area contributed by atoms with E-state index < -0.39 is 0 Å². The summed E-state index contributed by atoms with van der Waals surface area (Å²) in [5, 5.41) is 0. The summed E-state index contributed by atoms with van der Waals surface area (Å²) < 4.78 is 0. The van der Waals surface area contributed by atoms with Crippen LogP contribution in [0.15, 0.2) is 54.9 Å². The number of para-hydroxylation sites is 1. The van der Waals surface area contributed by atoms with Gasteiger partial charge in [0.25, 0.3) is 0 Å². The number of benzene rings is 1. The average molecular weight is 353 g/mol. The molecule has 1 aliphatic heterocycles. The van der Waals surface area contributed by atoms with Crippen LogP contribution >= 0.6 is 0 Å². The number of carbonyl (C=O) groups is 1. The second kappa shape index (κ2) is 11.5. The first-order valence-electron chi connectivity index (χ1n) is 9.83. The maximum atomic E-state index is 10.5. The minimum Gasteiger partial charge on any atom is -0.372 e. The Kier molecular flexibility index (Phi) is 8.88. The maximum absolute atomic E-state index is 10.5. The fourth-order valence-electron chi connectivity index (χ4n) is 3.24. The summed E-state index contributed by atoms with van der Waals surface area (Å²) in [5.41, 5.74) is 2.60. The minimum absolute atomic E-state index is 0.451. The van der Waals surface area contributed by atoms with Gasteiger partial charge >= 0.3 is 0 Å². The van der Waals surface area contributed by atoms with Crippen molar-refractivity contribution in [3.05, 3.63) is 60.4 Å². The van der Waals surface area contributed by atoms with E-state index in [-0.39, 0.29) is 0 Å². The molecule has 140 valence electrons. The highest BCUT2D eigenvalue weighted by atomic mass is 16.1. The lowest BCUT2D eigenvalue weighted by Gasteiger charge is -2.28. The third-order valence-electron chi connectivity index (χ3n) is 4.78. The zero-order chi connectivity index (χ0) is 18.6. The summed E-state index contributed by atoms with van der Waals surface area (Å²) in [6.45, 7) is 6.63. The van der Waals surface area contributed by atoms with Gasteiger partial charge in [0, 0.05) is 44.0 Å². The molecule has 1 atom stereocenters. The molecule has 4 rings (SSSR count). The SMILES string of the molecule is CC1CCC(=O)C1.Cc1cccnc1.c1ccc(N2CCCCC2)cc1. The van der Waals surface area contributed by atoms with Gasteiger partial charge in [0.05, 0.1) is 0 Å². The van der Waals surface area contributed by atoms with Crippen LogP contribution in [0.5, 0.6) is 0 Å². The van der Waals surface area contributed by atoms with E-state index in [9.17, 15) is 4.79 Å². The van der Waals surface area contributed by atoms with Crippen LogP contribution in [-0.2, 0) is 4.79 Å². The molecule has 2 aliphatic rings. The van der Waals surface area contributed by atoms with Crippen LogP contribution in [0.2, 0.25) is 0 Å². The van der Waals surface area contributed by atoms with Gasteiger partial charge in [0.2, 0.25) is 0 Å². The summed E-state index contributed by atoms with van der Waals surface area (Å²) in [6.07, 6.45) is 10.5. The fourth-order valence-corrected chi connectivity index (χ4v) is 3.24. The van der Waals surface area contributed by atoms with Crippen molar-refractivity contribution in [2.75, 3.05) is 18.0 Å². The van der Waals surface area contributed by atoms with E-state index in [1.165, 1.54) is 43.6 Å². The smallest absolute Gasteiger partial charge is 0.133 e. The molecule has 2 fully saturated rings. The number of hydrogen-bond acceptors (Lipinski definition) is 3. The van der Waals surface area contributed by atoms with Crippen molar-refractivity contribution >= 4 is 11.5 Å². The van der Waals surface area contributed by atoms with E-state index in [4.69, 9.17) is 0 Å². The normalized spacial score (nSPS) is 19.1. The molecule has 1 aliphatic carbocycles. The van der Waals surface area contributed by atoms with Crippen molar-refractivity contribution < 1.29 is 4.79 Å². The molecule has 0 spiro atoms. The van der Waals surface area contributed by atoms with E-state index in [1.807, 2.05) is 25.3 Å². The van der Waals surface area contributed by atoms with Crippen molar-refractivity contribution in [1.29, 1.82) is 0 Å². The monoisotopic (exact) mass is 352 g/mol. The van der Waals surface area contributed by atoms with E-state index in [1.54, 1.807) is 6.20 Å². The largest absolute Gasteiger partial charge is 0.372 e. The van der Waals surface area contributed by atoms with Crippen LogP contribution in [0.4, 0.5) is 5.69 Å². The van der Waals surface area contributed by atoms with Gasteiger partial charge in [-0.2, -0.15) is 0 Å². The third-order valence-corrected chi connectivity index (χ3v) is 4.78. The van der Waals surface area contributed by atoms with Gasteiger partial charge in [-0.25, -0.2) is 0 Å². The van der Waals surface area contributed by atoms with Gasteiger partial charge < -0.3 is 4.90 Å². The summed E-state index contributed by atoms with van der Waals surface area (Å²) in [5.74, 6) is 1.12. The number of pyridine rings is 1. The number of rotatable bonds is 1. The van der Waals surface area contributed by atoms with Gasteiger partial charge in [-0.3, -0.25) is 9.78 Å². The number of ketones is 1. The van der Waals surface area contributed by atoms with Crippen molar-refractivity contribution in [3.8, 4) is 0 Å². The van der Waals surface area contributed by atoms with Gasteiger partial charge in [-0.1, -0.05) is 31.2 Å². The first kappa shape index (κ1) is 20.2. The number of nitrogens with zero attached hydrogens (tertiary/aromatic N) is 2. The molecule has 1 aromatic carbocycles. The Balaban J connectivity index is 0.000000150. The molecule has 0 bridgehead atoms. The second-order valence-electron chi connectivity index (χ2n) is 7.30. The number of Topliss-reactive ketones (excluding diaryl/α,β-unsaturated/α-hetero) is 1. The van der Waals surface area contributed by atoms with Gasteiger partial charge in [0.15, 0.2) is 0 Å². The zero-order valence-electron chi connectivity index (χ0n) is 16.2. The predicted octanol–water partition coefficient (Wildman–Crippen LogP) is 5.44. The Bertz CT molecular complexity index is 621. The Hall–Kier alpha value is -2.16. The molecule has 26 heavy (non-hydrogen) atoms. The molecule has 1 saturated heterocycles. The fraction of sp³-hybridized carbons (Fsp3) is 0.478. The van der Waals surface area contributed by atoms with Crippen molar-refractivity contribution in [2.24, 2.45) is 5.92 Å². The predicted molar refractivity (Wildman–Crippen MR) is 110 cm³/mol. The molecule has 2 aromatic rings. The number of aryl methyl sites for hydroxylation is 1. The summed E-state index contributed by atoms with van der Waals surface area (Å²) in [4.78, 5) is 16.8. The van der Waals surface area contributed by atoms with Crippen LogP contribution in [-0.4, -0.2) is 23.9 Å². The molecular weight excluding hydrogens is 320 g/mol. The summed E-state index contributed by atoms with van der Waals surface area (Å²) in [6, 6.07) is 14.7. The Labute approximate surface area is 158 Å². The molecule has 0 radical (unpaired) electrons. The lowest BCUT2D eigenvalue weighted by molar-refractivity contribution is -0.117. The van der Waals surface area contributed by atoms with Gasteiger partial charge in [0.1, 0.15) is 5.78 Å². The number of anilines is 1. The summed E-state index contributed by atoms with van der Waals surface area (Å²) in [7, 11) is 0. The van der Waals surface area contributed by atoms with Gasteiger partial charge in [-0.05, 0) is 62.3 Å². The Morgan fingerprint density at radius 2 is 1.73 bits per heavy atom. The number of carbonyl (C=O) groups excluding carboxylic acids is 1. The minimum atomic E-state index is 0.451. The Morgan fingerprint density at radius 3 is 2.15 bits per heavy atom. The van der Waals surface area contributed by atoms with E-state index in [0.717, 1.165) is 19.3 Å². The Morgan fingerprint density at radius 1 is 1.00 bits per heavy atom. The van der Waals surface area contributed by atoms with E-state index >= 15 is 0 Å². The molecule has 0 amide bonds. The van der Waals surface area contributed by atoms with Crippen LogP contribution in [0.1, 0.15) is 51.0 Å². The van der Waals surface area contributed by atoms with E-state index in [2.05, 4.69) is 47.1 Å². The molecular formula is C23H32N2O. The maximum Gasteiger partial charge on any atom is 0.133 e. The second-order valence-corrected chi connectivity index (χ2v) is 7.30. The van der Waals surface area contributed by atoms with Crippen LogP contribution in [0, 0.1) is 12.8 Å². The van der Waals surface area contributed by atoms with Crippen LogP contribution in [0.3, 0.4) is 0 Å². The third kappa shape index (κ3) is 7.81. The molecule has 3 nitrogen and oxygen atoms in total. The molecule has 2 heterocycles.